The predicted molar refractivity (Wildman–Crippen MR) is 106 cm³/mol. The quantitative estimate of drug-likeness (QED) is 0.403. The molecule has 0 amide bonds. The normalized spacial score (nSPS) is 11.5. The van der Waals surface area contributed by atoms with E-state index in [9.17, 15) is 0 Å². The first kappa shape index (κ1) is 16.5. The summed E-state index contributed by atoms with van der Waals surface area (Å²) < 4.78 is 3.51. The molecular weight excluding hydrogens is 407 g/mol. The number of hydrogen-bond donors (Lipinski definition) is 0. The zero-order chi connectivity index (χ0) is 18.5. The third-order valence-electron chi connectivity index (χ3n) is 4.21. The molecule has 0 radical (unpaired) electrons. The molecule has 0 saturated carbocycles. The Hall–Kier alpha value is -2.67. The molecule has 0 aliphatic heterocycles. The number of hydrogen-bond acceptors (Lipinski definition) is 4. The Morgan fingerprint density at radius 1 is 0.852 bits per heavy atom. The van der Waals surface area contributed by atoms with Crippen LogP contribution in [0.25, 0.3) is 33.8 Å². The van der Waals surface area contributed by atoms with E-state index in [0.717, 1.165) is 16.6 Å². The maximum Gasteiger partial charge on any atom is 0.175 e. The van der Waals surface area contributed by atoms with E-state index in [2.05, 4.69) is 20.3 Å². The molecule has 0 spiro atoms. The SMILES string of the molecule is Clc1cccc(-n2ncc3c2ncn2c(-c4ccc(Cl)c(Cl)c4)nnc32)c1. The van der Waals surface area contributed by atoms with Crippen molar-refractivity contribution in [3.8, 4) is 17.1 Å². The van der Waals surface area contributed by atoms with Gasteiger partial charge in [-0.15, -0.1) is 10.2 Å². The van der Waals surface area contributed by atoms with Gasteiger partial charge in [-0.05, 0) is 36.4 Å². The van der Waals surface area contributed by atoms with Crippen LogP contribution in [0.1, 0.15) is 0 Å². The van der Waals surface area contributed by atoms with E-state index in [0.29, 0.717) is 32.2 Å². The molecule has 9 heteroatoms. The van der Waals surface area contributed by atoms with Crippen LogP contribution in [0.5, 0.6) is 0 Å². The number of aromatic nitrogens is 6. The summed E-state index contributed by atoms with van der Waals surface area (Å²) in [6.45, 7) is 0. The summed E-state index contributed by atoms with van der Waals surface area (Å²) in [5, 5.41) is 15.4. The van der Waals surface area contributed by atoms with E-state index in [1.165, 1.54) is 0 Å². The summed E-state index contributed by atoms with van der Waals surface area (Å²) in [5.74, 6) is 0.619. The second-order valence-corrected chi connectivity index (χ2v) is 7.12. The highest BCUT2D eigenvalue weighted by atomic mass is 35.5. The first-order valence-corrected chi connectivity index (χ1v) is 9.04. The molecule has 0 bridgehead atoms. The zero-order valence-corrected chi connectivity index (χ0v) is 15.8. The molecule has 3 aromatic heterocycles. The average Bonchev–Trinajstić information content (AvgIpc) is 3.27. The van der Waals surface area contributed by atoms with Crippen molar-refractivity contribution in [2.45, 2.75) is 0 Å². The van der Waals surface area contributed by atoms with E-state index in [1.807, 2.05) is 30.3 Å². The van der Waals surface area contributed by atoms with Crippen molar-refractivity contribution in [2.24, 2.45) is 0 Å². The van der Waals surface area contributed by atoms with Crippen LogP contribution in [0.15, 0.2) is 55.0 Å². The fourth-order valence-corrected chi connectivity index (χ4v) is 3.43. The number of benzene rings is 2. The minimum Gasteiger partial charge on any atom is -0.265 e. The third kappa shape index (κ3) is 2.65. The molecule has 0 aliphatic rings. The second kappa shape index (κ2) is 6.20. The van der Waals surface area contributed by atoms with Gasteiger partial charge >= 0.3 is 0 Å². The van der Waals surface area contributed by atoms with Crippen molar-refractivity contribution in [1.82, 2.24) is 29.4 Å². The van der Waals surface area contributed by atoms with E-state index in [-0.39, 0.29) is 0 Å². The Morgan fingerprint density at radius 3 is 2.56 bits per heavy atom. The van der Waals surface area contributed by atoms with Gasteiger partial charge < -0.3 is 0 Å². The minimum absolute atomic E-state index is 0.453. The number of rotatable bonds is 2. The first-order valence-electron chi connectivity index (χ1n) is 7.90. The fourth-order valence-electron chi connectivity index (χ4n) is 2.95. The molecule has 5 aromatic rings. The smallest absolute Gasteiger partial charge is 0.175 e. The molecule has 5 rings (SSSR count). The Morgan fingerprint density at radius 2 is 1.74 bits per heavy atom. The van der Waals surface area contributed by atoms with Gasteiger partial charge in [-0.2, -0.15) is 5.10 Å². The first-order chi connectivity index (χ1) is 13.1. The van der Waals surface area contributed by atoms with Crippen LogP contribution < -0.4 is 0 Å². The lowest BCUT2D eigenvalue weighted by Gasteiger charge is -2.04. The van der Waals surface area contributed by atoms with E-state index in [4.69, 9.17) is 34.8 Å². The van der Waals surface area contributed by atoms with Crippen LogP contribution in [-0.4, -0.2) is 29.4 Å². The van der Waals surface area contributed by atoms with Crippen molar-refractivity contribution >= 4 is 51.5 Å². The molecule has 0 unspecified atom stereocenters. The molecule has 0 atom stereocenters. The van der Waals surface area contributed by atoms with Crippen LogP contribution in [-0.2, 0) is 0 Å². The lowest BCUT2D eigenvalue weighted by molar-refractivity contribution is 0.893. The van der Waals surface area contributed by atoms with Gasteiger partial charge in [-0.3, -0.25) is 4.40 Å². The standard InChI is InChI=1S/C18H9Cl3N6/c19-11-2-1-3-12(7-11)27-17-13(8-23-27)18-25-24-16(26(18)9-22-17)10-4-5-14(20)15(21)6-10/h1-9H. The average molecular weight is 416 g/mol. The summed E-state index contributed by atoms with van der Waals surface area (Å²) in [6.07, 6.45) is 3.38. The van der Waals surface area contributed by atoms with Crippen molar-refractivity contribution in [3.63, 3.8) is 0 Å². The topological polar surface area (TPSA) is 60.9 Å². The van der Waals surface area contributed by atoms with Crippen LogP contribution in [0, 0.1) is 0 Å². The molecule has 6 nitrogen and oxygen atoms in total. The molecule has 27 heavy (non-hydrogen) atoms. The molecular formula is C18H9Cl3N6. The Balaban J connectivity index is 1.71. The lowest BCUT2D eigenvalue weighted by Crippen LogP contribution is -1.99. The van der Waals surface area contributed by atoms with Gasteiger partial charge in [-0.25, -0.2) is 9.67 Å². The molecule has 2 aromatic carbocycles. The van der Waals surface area contributed by atoms with Gasteiger partial charge in [0.15, 0.2) is 17.1 Å². The van der Waals surface area contributed by atoms with Crippen LogP contribution in [0.2, 0.25) is 15.1 Å². The highest BCUT2D eigenvalue weighted by Crippen LogP contribution is 2.29. The van der Waals surface area contributed by atoms with E-state index < -0.39 is 0 Å². The molecule has 0 N–H and O–H groups in total. The highest BCUT2D eigenvalue weighted by molar-refractivity contribution is 6.42. The molecule has 0 fully saturated rings. The fraction of sp³-hybridized carbons (Fsp3) is 0. The van der Waals surface area contributed by atoms with Crippen LogP contribution >= 0.6 is 34.8 Å². The van der Waals surface area contributed by atoms with E-state index in [1.54, 1.807) is 33.7 Å². The maximum atomic E-state index is 6.13. The minimum atomic E-state index is 0.453. The Kier molecular flexibility index (Phi) is 3.79. The summed E-state index contributed by atoms with van der Waals surface area (Å²) in [5.41, 5.74) is 2.92. The van der Waals surface area contributed by atoms with Gasteiger partial charge in [-0.1, -0.05) is 40.9 Å². The maximum absolute atomic E-state index is 6.13. The van der Waals surface area contributed by atoms with Gasteiger partial charge in [0.25, 0.3) is 0 Å². The number of nitrogens with zero attached hydrogens (tertiary/aromatic N) is 6. The van der Waals surface area contributed by atoms with Crippen molar-refractivity contribution < 1.29 is 0 Å². The van der Waals surface area contributed by atoms with Gasteiger partial charge in [0.05, 0.1) is 27.3 Å². The van der Waals surface area contributed by atoms with Gasteiger partial charge in [0.2, 0.25) is 0 Å². The summed E-state index contributed by atoms with van der Waals surface area (Å²) in [6, 6.07) is 12.7. The van der Waals surface area contributed by atoms with Gasteiger partial charge in [0.1, 0.15) is 6.33 Å². The largest absolute Gasteiger partial charge is 0.265 e. The molecule has 0 saturated heterocycles. The van der Waals surface area contributed by atoms with E-state index >= 15 is 0 Å². The molecule has 3 heterocycles. The Bertz CT molecular complexity index is 1320. The van der Waals surface area contributed by atoms with Crippen molar-refractivity contribution in [3.05, 3.63) is 70.1 Å². The van der Waals surface area contributed by atoms with Crippen molar-refractivity contribution in [1.29, 1.82) is 0 Å². The summed E-state index contributed by atoms with van der Waals surface area (Å²) in [7, 11) is 0. The Labute approximate surface area is 167 Å². The third-order valence-corrected chi connectivity index (χ3v) is 5.18. The summed E-state index contributed by atoms with van der Waals surface area (Å²) >= 11 is 18.2. The molecule has 132 valence electrons. The van der Waals surface area contributed by atoms with Crippen LogP contribution in [0.4, 0.5) is 0 Å². The van der Waals surface area contributed by atoms with Gasteiger partial charge in [0, 0.05) is 10.6 Å². The second-order valence-electron chi connectivity index (χ2n) is 5.86. The number of fused-ring (bicyclic) bond motifs is 3. The van der Waals surface area contributed by atoms with Crippen molar-refractivity contribution in [2.75, 3.05) is 0 Å². The zero-order valence-electron chi connectivity index (χ0n) is 13.5. The lowest BCUT2D eigenvalue weighted by atomic mass is 10.2. The monoisotopic (exact) mass is 414 g/mol. The van der Waals surface area contributed by atoms with Crippen LogP contribution in [0.3, 0.4) is 0 Å². The molecule has 0 aliphatic carbocycles. The summed E-state index contributed by atoms with van der Waals surface area (Å²) in [4.78, 5) is 4.56. The predicted octanol–water partition coefficient (Wildman–Crippen LogP) is 5.09. The number of halogens is 3. The highest BCUT2D eigenvalue weighted by Gasteiger charge is 2.16.